The number of hydrogen-bond acceptors (Lipinski definition) is 3. The van der Waals surface area contributed by atoms with Crippen LogP contribution in [0.2, 0.25) is 0 Å². The van der Waals surface area contributed by atoms with Gasteiger partial charge in [-0.2, -0.15) is 0 Å². The molecule has 3 N–H and O–H groups in total. The van der Waals surface area contributed by atoms with Crippen LogP contribution in [-0.4, -0.2) is 14.6 Å². The molecule has 4 aromatic rings. The van der Waals surface area contributed by atoms with Gasteiger partial charge in [0, 0.05) is 17.8 Å². The molecule has 0 saturated carbocycles. The molecule has 0 spiro atoms. The van der Waals surface area contributed by atoms with Crippen molar-refractivity contribution >= 4 is 28.8 Å². The Morgan fingerprint density at radius 2 is 1.86 bits per heavy atom. The number of nitrogens with two attached hydrogens (primary N) is 1. The molecule has 6 heteroatoms. The van der Waals surface area contributed by atoms with Crippen LogP contribution in [0.25, 0.3) is 27.9 Å². The first-order valence-corrected chi connectivity index (χ1v) is 7.33. The maximum absolute atomic E-state index is 6.11. The number of nitrogens with zero attached hydrogens (tertiary/aromatic N) is 3. The SMILES string of the molecule is Cc1ccc(-c2nc3ccccc3c3n2[nH]c(=S)[n+]3N)cc1. The number of aryl methyl sites for hydroxylation is 1. The summed E-state index contributed by atoms with van der Waals surface area (Å²) < 4.78 is 3.78. The first kappa shape index (κ1) is 13.0. The normalized spacial score (nSPS) is 11.3. The zero-order valence-electron chi connectivity index (χ0n) is 11.9. The van der Waals surface area contributed by atoms with E-state index in [4.69, 9.17) is 23.0 Å². The second-order valence-corrected chi connectivity index (χ2v) is 5.65. The molecule has 2 heterocycles. The van der Waals surface area contributed by atoms with E-state index in [2.05, 4.69) is 24.2 Å². The largest absolute Gasteiger partial charge is 0.346 e. The zero-order valence-corrected chi connectivity index (χ0v) is 12.8. The first-order chi connectivity index (χ1) is 10.6. The van der Waals surface area contributed by atoms with Gasteiger partial charge in [0.2, 0.25) is 5.82 Å². The second-order valence-electron chi connectivity index (χ2n) is 5.26. The Morgan fingerprint density at radius 3 is 2.64 bits per heavy atom. The molecule has 0 aliphatic heterocycles. The molecular formula is C16H14N5S+. The van der Waals surface area contributed by atoms with Crippen molar-refractivity contribution in [2.75, 3.05) is 5.84 Å². The predicted octanol–water partition coefficient (Wildman–Crippen LogP) is 2.52. The Kier molecular flexibility index (Phi) is 2.74. The highest BCUT2D eigenvalue weighted by atomic mass is 32.1. The van der Waals surface area contributed by atoms with E-state index in [1.54, 1.807) is 0 Å². The van der Waals surface area contributed by atoms with E-state index in [0.29, 0.717) is 4.77 Å². The number of nitrogens with one attached hydrogen (secondary N) is 1. The number of rotatable bonds is 1. The molecular weight excluding hydrogens is 294 g/mol. The molecule has 4 rings (SSSR count). The molecule has 0 saturated heterocycles. The van der Waals surface area contributed by atoms with Gasteiger partial charge in [0.1, 0.15) is 0 Å². The summed E-state index contributed by atoms with van der Waals surface area (Å²) in [6, 6.07) is 16.1. The van der Waals surface area contributed by atoms with Crippen LogP contribution in [0.4, 0.5) is 0 Å². The van der Waals surface area contributed by atoms with Crippen LogP contribution in [0.1, 0.15) is 5.56 Å². The van der Waals surface area contributed by atoms with Gasteiger partial charge in [-0.3, -0.25) is 5.84 Å². The Morgan fingerprint density at radius 1 is 1.14 bits per heavy atom. The lowest BCUT2D eigenvalue weighted by molar-refractivity contribution is -0.618. The summed E-state index contributed by atoms with van der Waals surface area (Å²) in [7, 11) is 0. The number of para-hydroxylation sites is 1. The van der Waals surface area contributed by atoms with Gasteiger partial charge >= 0.3 is 4.77 Å². The molecule has 2 aromatic heterocycles. The standard InChI is InChI=1S/C16H13N5S/c1-10-6-8-11(9-7-10)14-18-13-5-3-2-4-12(13)15-20(17)16(22)19-21(14)15/h2-9H,17H2,1H3/p+1. The van der Waals surface area contributed by atoms with Crippen molar-refractivity contribution in [1.29, 1.82) is 0 Å². The monoisotopic (exact) mass is 308 g/mol. The number of aromatic nitrogens is 4. The van der Waals surface area contributed by atoms with Crippen LogP contribution >= 0.6 is 12.2 Å². The van der Waals surface area contributed by atoms with Crippen LogP contribution in [0, 0.1) is 11.7 Å². The van der Waals surface area contributed by atoms with E-state index in [-0.39, 0.29) is 0 Å². The minimum Gasteiger partial charge on any atom is -0.288 e. The fourth-order valence-electron chi connectivity index (χ4n) is 2.63. The van der Waals surface area contributed by atoms with Crippen molar-refractivity contribution in [3.63, 3.8) is 0 Å². The molecule has 0 atom stereocenters. The third-order valence-corrected chi connectivity index (χ3v) is 4.05. The van der Waals surface area contributed by atoms with E-state index in [0.717, 1.165) is 27.9 Å². The lowest BCUT2D eigenvalue weighted by atomic mass is 10.1. The first-order valence-electron chi connectivity index (χ1n) is 6.93. The van der Waals surface area contributed by atoms with Gasteiger partial charge in [0.15, 0.2) is 0 Å². The number of aromatic amines is 1. The van der Waals surface area contributed by atoms with Gasteiger partial charge in [-0.15, -0.1) is 9.77 Å². The molecule has 0 unspecified atom stereocenters. The highest BCUT2D eigenvalue weighted by molar-refractivity contribution is 7.71. The second kappa shape index (κ2) is 4.64. The van der Waals surface area contributed by atoms with Gasteiger partial charge in [-0.25, -0.2) is 4.98 Å². The molecule has 0 radical (unpaired) electrons. The smallest absolute Gasteiger partial charge is 0.288 e. The van der Waals surface area contributed by atoms with Gasteiger partial charge in [-0.1, -0.05) is 34.3 Å². The topological polar surface area (TPSA) is 63.0 Å². The highest BCUT2D eigenvalue weighted by Gasteiger charge is 2.20. The summed E-state index contributed by atoms with van der Waals surface area (Å²) in [4.78, 5) is 4.77. The van der Waals surface area contributed by atoms with Gasteiger partial charge in [0.05, 0.1) is 10.9 Å². The van der Waals surface area contributed by atoms with Crippen LogP contribution in [-0.2, 0) is 0 Å². The van der Waals surface area contributed by atoms with Crippen molar-refractivity contribution in [2.24, 2.45) is 0 Å². The average Bonchev–Trinajstić information content (AvgIpc) is 2.83. The maximum atomic E-state index is 6.11. The maximum Gasteiger partial charge on any atom is 0.346 e. The Labute approximate surface area is 131 Å². The molecule has 108 valence electrons. The van der Waals surface area contributed by atoms with Crippen LogP contribution in [0.3, 0.4) is 0 Å². The van der Waals surface area contributed by atoms with E-state index >= 15 is 0 Å². The molecule has 22 heavy (non-hydrogen) atoms. The van der Waals surface area contributed by atoms with E-state index < -0.39 is 0 Å². The lowest BCUT2D eigenvalue weighted by Crippen LogP contribution is -2.44. The van der Waals surface area contributed by atoms with E-state index in [1.165, 1.54) is 10.2 Å². The van der Waals surface area contributed by atoms with Gasteiger partial charge in [0.25, 0.3) is 5.65 Å². The van der Waals surface area contributed by atoms with Crippen molar-refractivity contribution in [2.45, 2.75) is 6.92 Å². The van der Waals surface area contributed by atoms with Crippen LogP contribution in [0.15, 0.2) is 48.5 Å². The van der Waals surface area contributed by atoms with Crippen molar-refractivity contribution in [3.05, 3.63) is 58.9 Å². The summed E-state index contributed by atoms with van der Waals surface area (Å²) in [6.07, 6.45) is 0. The molecule has 0 bridgehead atoms. The minimum absolute atomic E-state index is 0.450. The summed E-state index contributed by atoms with van der Waals surface area (Å²) >= 11 is 5.28. The highest BCUT2D eigenvalue weighted by Crippen LogP contribution is 2.23. The summed E-state index contributed by atoms with van der Waals surface area (Å²) in [5.74, 6) is 6.89. The van der Waals surface area contributed by atoms with Gasteiger partial charge < -0.3 is 0 Å². The van der Waals surface area contributed by atoms with E-state index in [1.807, 2.05) is 40.9 Å². The molecule has 0 aliphatic rings. The quantitative estimate of drug-likeness (QED) is 0.323. The molecule has 0 amide bonds. The summed E-state index contributed by atoms with van der Waals surface area (Å²) in [6.45, 7) is 2.06. The molecule has 2 aromatic carbocycles. The number of H-pyrrole nitrogens is 1. The van der Waals surface area contributed by atoms with Crippen molar-refractivity contribution in [3.8, 4) is 11.4 Å². The minimum atomic E-state index is 0.450. The summed E-state index contributed by atoms with van der Waals surface area (Å²) in [5, 5.41) is 4.06. The zero-order chi connectivity index (χ0) is 15.3. The van der Waals surface area contributed by atoms with Crippen LogP contribution in [0.5, 0.6) is 0 Å². The molecule has 0 fully saturated rings. The summed E-state index contributed by atoms with van der Waals surface area (Å²) in [5.41, 5.74) is 3.88. The Hall–Kier alpha value is -2.73. The predicted molar refractivity (Wildman–Crippen MR) is 88.4 cm³/mol. The van der Waals surface area contributed by atoms with Crippen molar-refractivity contribution in [1.82, 2.24) is 14.6 Å². The Bertz CT molecular complexity index is 1060. The lowest BCUT2D eigenvalue weighted by Gasteiger charge is -2.03. The Balaban J connectivity index is 2.19. The van der Waals surface area contributed by atoms with Crippen LogP contribution < -0.4 is 10.5 Å². The fraction of sp³-hybridized carbons (Fsp3) is 0.0625. The third-order valence-electron chi connectivity index (χ3n) is 3.76. The molecule has 0 aliphatic carbocycles. The average molecular weight is 308 g/mol. The van der Waals surface area contributed by atoms with E-state index in [9.17, 15) is 0 Å². The molecule has 5 nitrogen and oxygen atoms in total. The number of fused-ring (bicyclic) bond motifs is 3. The number of hydrogen-bond donors (Lipinski definition) is 2. The number of nitrogen functional groups attached to an aromatic ring is 1. The number of benzene rings is 2. The third kappa shape index (κ3) is 1.81. The fourth-order valence-corrected chi connectivity index (χ4v) is 2.81. The van der Waals surface area contributed by atoms with Crippen molar-refractivity contribution < 1.29 is 4.68 Å². The van der Waals surface area contributed by atoms with Gasteiger partial charge in [-0.05, 0) is 31.2 Å².